The number of thiazole rings is 1. The molecule has 0 aromatic carbocycles. The molecule has 2 unspecified atom stereocenters. The van der Waals surface area contributed by atoms with E-state index in [-0.39, 0.29) is 11.9 Å². The zero-order valence-corrected chi connectivity index (χ0v) is 12.8. The van der Waals surface area contributed by atoms with Gasteiger partial charge in [0.05, 0.1) is 0 Å². The SMILES string of the molecule is CC1CCN(C(=O)c2sc(N(C)C)nc2N)C(C)C1. The molecule has 0 radical (unpaired) electrons. The molecular weight excluding hydrogens is 260 g/mol. The third kappa shape index (κ3) is 2.83. The first kappa shape index (κ1) is 14.1. The number of hydrogen-bond donors (Lipinski definition) is 1. The lowest BCUT2D eigenvalue weighted by Gasteiger charge is -2.36. The number of amides is 1. The van der Waals surface area contributed by atoms with Crippen LogP contribution < -0.4 is 10.6 Å². The van der Waals surface area contributed by atoms with Crippen LogP contribution in [0.1, 0.15) is 36.4 Å². The van der Waals surface area contributed by atoms with Crippen molar-refractivity contribution >= 4 is 28.2 Å². The number of nitrogens with two attached hydrogens (primary N) is 1. The first-order valence-corrected chi connectivity index (χ1v) is 7.46. The van der Waals surface area contributed by atoms with E-state index in [1.165, 1.54) is 11.3 Å². The highest BCUT2D eigenvalue weighted by molar-refractivity contribution is 7.18. The number of carbonyl (C=O) groups is 1. The van der Waals surface area contributed by atoms with Crippen molar-refractivity contribution in [3.63, 3.8) is 0 Å². The lowest BCUT2D eigenvalue weighted by molar-refractivity contribution is 0.0594. The van der Waals surface area contributed by atoms with E-state index in [1.807, 2.05) is 23.9 Å². The molecule has 6 heteroatoms. The van der Waals surface area contributed by atoms with Crippen molar-refractivity contribution in [2.75, 3.05) is 31.3 Å². The van der Waals surface area contributed by atoms with Gasteiger partial charge < -0.3 is 15.5 Å². The van der Waals surface area contributed by atoms with Crippen LogP contribution in [-0.2, 0) is 0 Å². The molecule has 19 heavy (non-hydrogen) atoms. The number of carbonyl (C=O) groups excluding carboxylic acids is 1. The Labute approximate surface area is 118 Å². The second-order valence-corrected chi connectivity index (χ2v) is 6.56. The summed E-state index contributed by atoms with van der Waals surface area (Å²) in [5.74, 6) is 1.07. The van der Waals surface area contributed by atoms with E-state index < -0.39 is 0 Å². The van der Waals surface area contributed by atoms with Crippen LogP contribution in [0.25, 0.3) is 0 Å². The number of hydrogen-bond acceptors (Lipinski definition) is 5. The monoisotopic (exact) mass is 282 g/mol. The Balaban J connectivity index is 2.19. The molecule has 1 amide bonds. The van der Waals surface area contributed by atoms with Gasteiger partial charge >= 0.3 is 0 Å². The predicted octanol–water partition coefficient (Wildman–Crippen LogP) is 2.05. The molecule has 0 saturated carbocycles. The Kier molecular flexibility index (Phi) is 3.99. The van der Waals surface area contributed by atoms with E-state index >= 15 is 0 Å². The Morgan fingerprint density at radius 1 is 1.47 bits per heavy atom. The van der Waals surface area contributed by atoms with Gasteiger partial charge in [-0.2, -0.15) is 0 Å². The molecule has 1 saturated heterocycles. The highest BCUT2D eigenvalue weighted by atomic mass is 32.1. The summed E-state index contributed by atoms with van der Waals surface area (Å²) in [4.78, 5) is 21.2. The predicted molar refractivity (Wildman–Crippen MR) is 79.7 cm³/mol. The van der Waals surface area contributed by atoms with Crippen LogP contribution in [0.2, 0.25) is 0 Å². The number of piperidine rings is 1. The zero-order valence-electron chi connectivity index (χ0n) is 12.0. The highest BCUT2D eigenvalue weighted by Gasteiger charge is 2.30. The third-order valence-electron chi connectivity index (χ3n) is 3.62. The van der Waals surface area contributed by atoms with Gasteiger partial charge in [0, 0.05) is 26.7 Å². The fraction of sp³-hybridized carbons (Fsp3) is 0.692. The minimum absolute atomic E-state index is 0.0301. The second kappa shape index (κ2) is 5.36. The number of nitrogens with zero attached hydrogens (tertiary/aromatic N) is 3. The van der Waals surface area contributed by atoms with Crippen LogP contribution in [0, 0.1) is 5.92 Å². The Morgan fingerprint density at radius 3 is 2.68 bits per heavy atom. The van der Waals surface area contributed by atoms with E-state index in [9.17, 15) is 4.79 Å². The molecule has 2 atom stereocenters. The molecule has 1 aromatic heterocycles. The molecule has 1 fully saturated rings. The van der Waals surface area contributed by atoms with E-state index in [2.05, 4.69) is 18.8 Å². The molecule has 1 aromatic rings. The van der Waals surface area contributed by atoms with Gasteiger partial charge in [0.15, 0.2) is 5.13 Å². The van der Waals surface area contributed by atoms with Crippen LogP contribution in [0.5, 0.6) is 0 Å². The summed E-state index contributed by atoms with van der Waals surface area (Å²) >= 11 is 1.37. The van der Waals surface area contributed by atoms with Gasteiger partial charge in [-0.15, -0.1) is 0 Å². The molecule has 1 aliphatic heterocycles. The molecule has 2 heterocycles. The summed E-state index contributed by atoms with van der Waals surface area (Å²) in [5, 5.41) is 0.777. The van der Waals surface area contributed by atoms with Gasteiger partial charge in [-0.3, -0.25) is 4.79 Å². The van der Waals surface area contributed by atoms with Crippen LogP contribution in [0.3, 0.4) is 0 Å². The molecule has 0 bridgehead atoms. The number of rotatable bonds is 2. The third-order valence-corrected chi connectivity index (χ3v) is 4.84. The van der Waals surface area contributed by atoms with Crippen molar-refractivity contribution in [1.82, 2.24) is 9.88 Å². The van der Waals surface area contributed by atoms with E-state index in [0.717, 1.165) is 24.5 Å². The molecule has 106 valence electrons. The second-order valence-electron chi connectivity index (χ2n) is 5.58. The molecule has 5 nitrogen and oxygen atoms in total. The Bertz CT molecular complexity index is 471. The summed E-state index contributed by atoms with van der Waals surface area (Å²) in [6.45, 7) is 5.16. The quantitative estimate of drug-likeness (QED) is 0.902. The topological polar surface area (TPSA) is 62.5 Å². The Morgan fingerprint density at radius 2 is 2.16 bits per heavy atom. The van der Waals surface area contributed by atoms with Gasteiger partial charge in [0.25, 0.3) is 5.91 Å². The van der Waals surface area contributed by atoms with E-state index in [0.29, 0.717) is 16.6 Å². The van der Waals surface area contributed by atoms with Gasteiger partial charge in [-0.05, 0) is 25.7 Å². The minimum atomic E-state index is 0.0301. The smallest absolute Gasteiger partial charge is 0.268 e. The molecule has 0 aliphatic carbocycles. The summed E-state index contributed by atoms with van der Waals surface area (Å²) < 4.78 is 0. The fourth-order valence-electron chi connectivity index (χ4n) is 2.50. The molecular formula is C13H22N4OS. The standard InChI is InChI=1S/C13H22N4OS/c1-8-5-6-17(9(2)7-8)12(18)10-11(14)15-13(19-10)16(3)4/h8-9H,5-7,14H2,1-4H3. The van der Waals surface area contributed by atoms with Crippen LogP contribution >= 0.6 is 11.3 Å². The van der Waals surface area contributed by atoms with Gasteiger partial charge in [0.2, 0.25) is 0 Å². The summed E-state index contributed by atoms with van der Waals surface area (Å²) in [7, 11) is 3.80. The van der Waals surface area contributed by atoms with E-state index in [1.54, 1.807) is 0 Å². The lowest BCUT2D eigenvalue weighted by atomic mass is 9.93. The normalized spacial score (nSPS) is 23.5. The lowest BCUT2D eigenvalue weighted by Crippen LogP contribution is -2.44. The number of anilines is 2. The van der Waals surface area contributed by atoms with Gasteiger partial charge in [-0.1, -0.05) is 18.3 Å². The Hall–Kier alpha value is -1.30. The highest BCUT2D eigenvalue weighted by Crippen LogP contribution is 2.31. The maximum Gasteiger partial charge on any atom is 0.268 e. The van der Waals surface area contributed by atoms with Crippen molar-refractivity contribution in [3.8, 4) is 0 Å². The van der Waals surface area contributed by atoms with Crippen LogP contribution in [0.15, 0.2) is 0 Å². The average molecular weight is 282 g/mol. The number of nitrogen functional groups attached to an aromatic ring is 1. The molecule has 0 spiro atoms. The van der Waals surface area contributed by atoms with Gasteiger partial charge in [-0.25, -0.2) is 4.98 Å². The first-order chi connectivity index (χ1) is 8.90. The fourth-order valence-corrected chi connectivity index (χ4v) is 3.37. The molecule has 2 N–H and O–H groups in total. The van der Waals surface area contributed by atoms with Crippen molar-refractivity contribution in [2.24, 2.45) is 5.92 Å². The molecule has 2 rings (SSSR count). The number of aromatic nitrogens is 1. The van der Waals surface area contributed by atoms with Crippen LogP contribution in [-0.4, -0.2) is 42.5 Å². The minimum Gasteiger partial charge on any atom is -0.382 e. The maximum absolute atomic E-state index is 12.6. The summed E-state index contributed by atoms with van der Waals surface area (Å²) in [6.07, 6.45) is 2.13. The summed E-state index contributed by atoms with van der Waals surface area (Å²) in [5.41, 5.74) is 5.88. The maximum atomic E-state index is 12.6. The average Bonchev–Trinajstić information content (AvgIpc) is 2.71. The number of likely N-dealkylation sites (tertiary alicyclic amines) is 1. The van der Waals surface area contributed by atoms with Crippen molar-refractivity contribution in [2.45, 2.75) is 32.7 Å². The van der Waals surface area contributed by atoms with Crippen molar-refractivity contribution < 1.29 is 4.79 Å². The largest absolute Gasteiger partial charge is 0.382 e. The van der Waals surface area contributed by atoms with E-state index in [4.69, 9.17) is 5.73 Å². The van der Waals surface area contributed by atoms with Gasteiger partial charge in [0.1, 0.15) is 10.7 Å². The first-order valence-electron chi connectivity index (χ1n) is 6.64. The summed E-state index contributed by atoms with van der Waals surface area (Å²) in [6, 6.07) is 0.278. The van der Waals surface area contributed by atoms with Crippen molar-refractivity contribution in [3.05, 3.63) is 4.88 Å². The molecule has 1 aliphatic rings. The van der Waals surface area contributed by atoms with Crippen molar-refractivity contribution in [1.29, 1.82) is 0 Å². The van der Waals surface area contributed by atoms with Crippen LogP contribution in [0.4, 0.5) is 10.9 Å². The zero-order chi connectivity index (χ0) is 14.2.